The van der Waals surface area contributed by atoms with Gasteiger partial charge in [0.2, 0.25) is 0 Å². The van der Waals surface area contributed by atoms with Crippen LogP contribution in [0.25, 0.3) is 16.5 Å². The largest absolute Gasteiger partial charge is 0.260 e. The zero-order valence-corrected chi connectivity index (χ0v) is 14.8. The molecule has 0 spiro atoms. The average molecular weight is 365 g/mol. The molecule has 22 heavy (non-hydrogen) atoms. The summed E-state index contributed by atoms with van der Waals surface area (Å²) >= 11 is -0.556. The van der Waals surface area contributed by atoms with Crippen LogP contribution in [-0.2, 0) is 17.0 Å². The number of halogens is 2. The molecule has 0 bridgehead atoms. The predicted octanol–water partition coefficient (Wildman–Crippen LogP) is 5.53. The van der Waals surface area contributed by atoms with Gasteiger partial charge in [0, 0.05) is 12.4 Å². The number of hydrogen-bond acceptors (Lipinski definition) is 1. The predicted molar refractivity (Wildman–Crippen MR) is 90.4 cm³/mol. The van der Waals surface area contributed by atoms with Crippen molar-refractivity contribution in [2.24, 2.45) is 0 Å². The fourth-order valence-electron chi connectivity index (χ4n) is 2.01. The van der Waals surface area contributed by atoms with Crippen molar-refractivity contribution in [2.75, 3.05) is 0 Å². The molecule has 112 valence electrons. The molecule has 0 saturated carbocycles. The fraction of sp³-hybridized carbons (Fsp3) is 0. The molecule has 0 atom stereocenters. The summed E-state index contributed by atoms with van der Waals surface area (Å²) in [7, 11) is 9.78. The summed E-state index contributed by atoms with van der Waals surface area (Å²) in [6.45, 7) is 0. The molecule has 4 aromatic rings. The van der Waals surface area contributed by atoms with Gasteiger partial charge in [-0.3, -0.25) is 4.68 Å². The minimum atomic E-state index is -0.556. The quantitative estimate of drug-likeness (QED) is 0.321. The molecule has 0 fully saturated rings. The molecule has 3 aromatic carbocycles. The van der Waals surface area contributed by atoms with Crippen LogP contribution < -0.4 is 0 Å². The van der Waals surface area contributed by atoms with Crippen LogP contribution in [0.15, 0.2) is 85.2 Å². The molecule has 0 aliphatic carbocycles. The number of fused-ring (bicyclic) bond motifs is 1. The van der Waals surface area contributed by atoms with Crippen LogP contribution in [0.3, 0.4) is 0 Å². The normalized spacial score (nSPS) is 9.36. The van der Waals surface area contributed by atoms with E-state index in [0.717, 1.165) is 5.69 Å². The molecular weight excluding hydrogens is 351 g/mol. The van der Waals surface area contributed by atoms with Gasteiger partial charge in [-0.1, -0.05) is 6.07 Å². The van der Waals surface area contributed by atoms with Gasteiger partial charge in [0.1, 0.15) is 0 Å². The van der Waals surface area contributed by atoms with Gasteiger partial charge in [-0.05, 0) is 11.8 Å². The summed E-state index contributed by atoms with van der Waals surface area (Å²) in [4.78, 5) is 0. The van der Waals surface area contributed by atoms with Crippen LogP contribution in [0.1, 0.15) is 0 Å². The molecule has 0 amide bonds. The summed E-state index contributed by atoms with van der Waals surface area (Å²) in [5, 5.41) is 6.72. The Hall–Kier alpha value is -1.32. The van der Waals surface area contributed by atoms with Crippen LogP contribution in [0, 0.1) is 0 Å². The summed E-state index contributed by atoms with van der Waals surface area (Å²) < 4.78 is 1.88. The molecule has 0 aliphatic rings. The van der Waals surface area contributed by atoms with E-state index in [9.17, 15) is 0 Å². The number of rotatable bonds is 1. The van der Waals surface area contributed by atoms with Crippen molar-refractivity contribution >= 4 is 29.4 Å². The Balaban J connectivity index is 0.000000184. The van der Waals surface area contributed by atoms with Crippen LogP contribution >= 0.6 is 18.6 Å². The van der Waals surface area contributed by atoms with E-state index in [4.69, 9.17) is 18.6 Å². The van der Waals surface area contributed by atoms with Crippen molar-refractivity contribution in [2.45, 2.75) is 0 Å². The maximum atomic E-state index is 4.89. The Labute approximate surface area is 146 Å². The van der Waals surface area contributed by atoms with Crippen LogP contribution in [-0.4, -0.2) is 9.78 Å². The minimum absolute atomic E-state index is 0.556. The van der Waals surface area contributed by atoms with Crippen molar-refractivity contribution in [3.05, 3.63) is 85.2 Å². The third kappa shape index (κ3) is 5.15. The van der Waals surface area contributed by atoms with Gasteiger partial charge < -0.3 is 0 Å². The maximum absolute atomic E-state index is 4.89. The monoisotopic (exact) mass is 364 g/mol. The molecule has 5 heteroatoms. The Morgan fingerprint density at radius 2 is 1.73 bits per heavy atom. The second-order valence-electron chi connectivity index (χ2n) is 4.33. The van der Waals surface area contributed by atoms with Gasteiger partial charge in [0.15, 0.2) is 0 Å². The second-order valence-corrected chi connectivity index (χ2v) is 6.91. The van der Waals surface area contributed by atoms with Crippen molar-refractivity contribution < 1.29 is 17.0 Å². The maximum Gasteiger partial charge on any atom is 0.0493 e. The van der Waals surface area contributed by atoms with E-state index in [1.54, 1.807) is 6.20 Å². The number of nitrogens with zero attached hydrogens (tertiary/aromatic N) is 2. The summed E-state index contributed by atoms with van der Waals surface area (Å²) in [5.74, 6) is 0. The minimum Gasteiger partial charge on any atom is -0.260 e. The van der Waals surface area contributed by atoms with E-state index in [1.165, 1.54) is 10.8 Å². The molecule has 0 N–H and O–H groups in total. The van der Waals surface area contributed by atoms with E-state index in [-0.39, 0.29) is 0 Å². The molecule has 4 rings (SSSR count). The summed E-state index contributed by atoms with van der Waals surface area (Å²) in [6, 6.07) is 24.5. The first-order valence-electron chi connectivity index (χ1n) is 6.63. The van der Waals surface area contributed by atoms with E-state index in [1.807, 2.05) is 47.3 Å². The smallest absolute Gasteiger partial charge is 0.0493 e. The first kappa shape index (κ1) is 17.0. The van der Waals surface area contributed by atoms with E-state index < -0.39 is 17.0 Å². The van der Waals surface area contributed by atoms with Gasteiger partial charge >= 0.3 is 35.6 Å². The van der Waals surface area contributed by atoms with Gasteiger partial charge in [-0.2, -0.15) is 23.3 Å². The zero-order chi connectivity index (χ0) is 15.6. The second kappa shape index (κ2) is 9.65. The number of benzene rings is 1. The van der Waals surface area contributed by atoms with E-state index in [0.29, 0.717) is 0 Å². The Kier molecular flexibility index (Phi) is 7.48. The van der Waals surface area contributed by atoms with Crippen molar-refractivity contribution in [1.29, 1.82) is 0 Å². The molecule has 2 nitrogen and oxygen atoms in total. The molecular formula is C17H14Cl2N2Ti-2. The van der Waals surface area contributed by atoms with Gasteiger partial charge in [-0.25, -0.2) is 12.1 Å². The van der Waals surface area contributed by atoms with Gasteiger partial charge in [0.05, 0.1) is 0 Å². The molecule has 0 aliphatic heterocycles. The average Bonchev–Trinajstić information content (AvgIpc) is 3.29. The van der Waals surface area contributed by atoms with E-state index >= 15 is 0 Å². The summed E-state index contributed by atoms with van der Waals surface area (Å²) in [6.07, 6.45) is 3.74. The Morgan fingerprint density at radius 3 is 2.27 bits per heavy atom. The van der Waals surface area contributed by atoms with Crippen molar-refractivity contribution in [3.8, 4) is 5.69 Å². The number of aromatic nitrogens is 2. The summed E-state index contributed by atoms with van der Waals surface area (Å²) in [5.41, 5.74) is 1.12. The van der Waals surface area contributed by atoms with Gasteiger partial charge in [-0.15, -0.1) is 41.1 Å². The molecule has 0 radical (unpaired) electrons. The molecule has 0 saturated heterocycles. The van der Waals surface area contributed by atoms with Crippen molar-refractivity contribution in [1.82, 2.24) is 9.78 Å². The van der Waals surface area contributed by atoms with E-state index in [2.05, 4.69) is 41.5 Å². The van der Waals surface area contributed by atoms with Gasteiger partial charge in [0.25, 0.3) is 0 Å². The van der Waals surface area contributed by atoms with Crippen LogP contribution in [0.2, 0.25) is 0 Å². The zero-order valence-electron chi connectivity index (χ0n) is 11.7. The fourth-order valence-corrected chi connectivity index (χ4v) is 2.01. The van der Waals surface area contributed by atoms with Crippen LogP contribution in [0.4, 0.5) is 0 Å². The third-order valence-corrected chi connectivity index (χ3v) is 2.93. The molecule has 1 heterocycles. The topological polar surface area (TPSA) is 17.8 Å². The molecule has 0 unspecified atom stereocenters. The standard InChI is InChI=1S/C12H9N2.C5H5.2ClH.Ti/c1-2-5-11-9-12(8-10(11)4-1)14-7-3-6-13-14;1-2-4-5-3-1;;;/h1-9H;1-5H;2*1H;/q2*-1;;;+2/p-2. The Bertz CT molecular complexity index is 696. The van der Waals surface area contributed by atoms with Crippen LogP contribution in [0.5, 0.6) is 0 Å². The third-order valence-electron chi connectivity index (χ3n) is 2.93. The SMILES string of the molecule is [Cl][Ti][Cl].c1cc[cH-]c1.c1ccc2[cH-]c(-n3cccn3)cc2c1. The first-order chi connectivity index (χ1) is 10.8. The molecule has 1 aromatic heterocycles. The number of hydrogen-bond donors (Lipinski definition) is 0. The first-order valence-corrected chi connectivity index (χ1v) is 10.9. The Morgan fingerprint density at radius 1 is 1.00 bits per heavy atom. The van der Waals surface area contributed by atoms with Crippen molar-refractivity contribution in [3.63, 3.8) is 0 Å².